The molecule has 0 fully saturated rings. The minimum atomic E-state index is 0.231. The van der Waals surface area contributed by atoms with Crippen molar-refractivity contribution in [1.29, 1.82) is 0 Å². The van der Waals surface area contributed by atoms with Crippen molar-refractivity contribution < 1.29 is 5.21 Å². The first kappa shape index (κ1) is 9.43. The van der Waals surface area contributed by atoms with Gasteiger partial charge in [0.2, 0.25) is 0 Å². The molecule has 0 radical (unpaired) electrons. The Hall–Kier alpha value is -0.570. The molecule has 0 aromatic rings. The SMILES string of the molecule is CC/C(=N\O)C(CC)NC. The number of rotatable bonds is 4. The van der Waals surface area contributed by atoms with Crippen molar-refractivity contribution in [3.05, 3.63) is 0 Å². The highest BCUT2D eigenvalue weighted by Gasteiger charge is 2.08. The molecule has 1 unspecified atom stereocenters. The third-order valence-corrected chi connectivity index (χ3v) is 1.65. The minimum absolute atomic E-state index is 0.231. The van der Waals surface area contributed by atoms with E-state index in [1.54, 1.807) is 0 Å². The standard InChI is InChI=1S/C7H16N2O/c1-4-6(8-3)7(5-2)9-10/h6,8,10H,4-5H2,1-3H3/b9-7+. The first-order valence-electron chi connectivity index (χ1n) is 3.68. The zero-order valence-corrected chi connectivity index (χ0v) is 6.89. The molecule has 1 atom stereocenters. The number of oxime groups is 1. The van der Waals surface area contributed by atoms with Crippen molar-refractivity contribution in [2.75, 3.05) is 7.05 Å². The molecule has 0 spiro atoms. The Kier molecular flexibility index (Phi) is 4.94. The van der Waals surface area contributed by atoms with Crippen molar-refractivity contribution in [2.45, 2.75) is 32.7 Å². The molecule has 0 aliphatic heterocycles. The van der Waals surface area contributed by atoms with Gasteiger partial charge in [-0.05, 0) is 19.9 Å². The Bertz CT molecular complexity index is 108. The van der Waals surface area contributed by atoms with E-state index in [9.17, 15) is 0 Å². The fourth-order valence-corrected chi connectivity index (χ4v) is 0.993. The monoisotopic (exact) mass is 144 g/mol. The Morgan fingerprint density at radius 3 is 2.30 bits per heavy atom. The first-order valence-corrected chi connectivity index (χ1v) is 3.68. The molecule has 10 heavy (non-hydrogen) atoms. The van der Waals surface area contributed by atoms with Crippen LogP contribution in [0.5, 0.6) is 0 Å². The molecule has 0 saturated carbocycles. The van der Waals surface area contributed by atoms with Gasteiger partial charge >= 0.3 is 0 Å². The molecular formula is C7H16N2O. The van der Waals surface area contributed by atoms with Crippen LogP contribution < -0.4 is 5.32 Å². The molecule has 0 heterocycles. The van der Waals surface area contributed by atoms with Crippen molar-refractivity contribution >= 4 is 5.71 Å². The summed E-state index contributed by atoms with van der Waals surface area (Å²) in [5.41, 5.74) is 0.824. The third kappa shape index (κ3) is 2.35. The summed E-state index contributed by atoms with van der Waals surface area (Å²) in [6.45, 7) is 4.04. The van der Waals surface area contributed by atoms with Gasteiger partial charge < -0.3 is 10.5 Å². The molecule has 0 aliphatic rings. The van der Waals surface area contributed by atoms with Crippen LogP contribution in [0.15, 0.2) is 5.16 Å². The maximum atomic E-state index is 8.51. The normalized spacial score (nSPS) is 15.3. The van der Waals surface area contributed by atoms with Crippen LogP contribution >= 0.6 is 0 Å². The summed E-state index contributed by atoms with van der Waals surface area (Å²) < 4.78 is 0. The number of nitrogens with one attached hydrogen (secondary N) is 1. The summed E-state index contributed by atoms with van der Waals surface area (Å²) in [7, 11) is 1.87. The van der Waals surface area contributed by atoms with Gasteiger partial charge in [-0.1, -0.05) is 19.0 Å². The maximum absolute atomic E-state index is 8.51. The minimum Gasteiger partial charge on any atom is -0.411 e. The van der Waals surface area contributed by atoms with Crippen LogP contribution in [0.1, 0.15) is 26.7 Å². The first-order chi connectivity index (χ1) is 4.79. The predicted molar refractivity (Wildman–Crippen MR) is 42.7 cm³/mol. The fraction of sp³-hybridized carbons (Fsp3) is 0.857. The van der Waals surface area contributed by atoms with Crippen LogP contribution in [-0.4, -0.2) is 24.0 Å². The van der Waals surface area contributed by atoms with Crippen LogP contribution in [0, 0.1) is 0 Å². The van der Waals surface area contributed by atoms with Crippen LogP contribution in [0.25, 0.3) is 0 Å². The third-order valence-electron chi connectivity index (χ3n) is 1.65. The van der Waals surface area contributed by atoms with Crippen molar-refractivity contribution in [3.8, 4) is 0 Å². The molecule has 60 valence electrons. The largest absolute Gasteiger partial charge is 0.411 e. The van der Waals surface area contributed by atoms with Crippen molar-refractivity contribution in [3.63, 3.8) is 0 Å². The topological polar surface area (TPSA) is 44.6 Å². The molecule has 0 saturated heterocycles. The van der Waals surface area contributed by atoms with E-state index in [-0.39, 0.29) is 6.04 Å². The Balaban J connectivity index is 3.97. The van der Waals surface area contributed by atoms with Crippen molar-refractivity contribution in [1.82, 2.24) is 5.32 Å². The van der Waals surface area contributed by atoms with Gasteiger partial charge in [0.25, 0.3) is 0 Å². The van der Waals surface area contributed by atoms with Gasteiger partial charge in [0.1, 0.15) is 0 Å². The van der Waals surface area contributed by atoms with Gasteiger partial charge in [-0.3, -0.25) is 0 Å². The van der Waals surface area contributed by atoms with Crippen LogP contribution in [-0.2, 0) is 0 Å². The van der Waals surface area contributed by atoms with E-state index in [2.05, 4.69) is 17.4 Å². The van der Waals surface area contributed by atoms with E-state index in [0.717, 1.165) is 18.6 Å². The zero-order chi connectivity index (χ0) is 7.98. The molecule has 2 N–H and O–H groups in total. The maximum Gasteiger partial charge on any atom is 0.0736 e. The zero-order valence-electron chi connectivity index (χ0n) is 6.89. The quantitative estimate of drug-likeness (QED) is 0.354. The van der Waals surface area contributed by atoms with Crippen LogP contribution in [0.3, 0.4) is 0 Å². The number of hydrogen-bond acceptors (Lipinski definition) is 3. The molecule has 0 aromatic carbocycles. The lowest BCUT2D eigenvalue weighted by molar-refractivity contribution is 0.314. The Labute approximate surface area is 62.1 Å². The van der Waals surface area contributed by atoms with Gasteiger partial charge in [-0.25, -0.2) is 0 Å². The summed E-state index contributed by atoms with van der Waals surface area (Å²) in [5.74, 6) is 0. The van der Waals surface area contributed by atoms with Gasteiger partial charge in [0.05, 0.1) is 5.71 Å². The predicted octanol–water partition coefficient (Wildman–Crippen LogP) is 1.22. The summed E-state index contributed by atoms with van der Waals surface area (Å²) in [6, 6.07) is 0.231. The molecule has 3 nitrogen and oxygen atoms in total. The number of nitrogens with zero attached hydrogens (tertiary/aromatic N) is 1. The summed E-state index contributed by atoms with van der Waals surface area (Å²) in [5, 5.41) is 14.8. The second-order valence-corrected chi connectivity index (χ2v) is 2.19. The lowest BCUT2D eigenvalue weighted by Gasteiger charge is -2.13. The van der Waals surface area contributed by atoms with Crippen LogP contribution in [0.4, 0.5) is 0 Å². The highest BCUT2D eigenvalue weighted by atomic mass is 16.4. The molecular weight excluding hydrogens is 128 g/mol. The van der Waals surface area contributed by atoms with Gasteiger partial charge in [0, 0.05) is 6.04 Å². The smallest absolute Gasteiger partial charge is 0.0736 e. The second kappa shape index (κ2) is 5.23. The van der Waals surface area contributed by atoms with Gasteiger partial charge in [-0.2, -0.15) is 0 Å². The van der Waals surface area contributed by atoms with E-state index in [1.807, 2.05) is 14.0 Å². The highest BCUT2D eigenvalue weighted by Crippen LogP contribution is 1.97. The van der Waals surface area contributed by atoms with Gasteiger partial charge in [0.15, 0.2) is 0 Å². The summed E-state index contributed by atoms with van der Waals surface area (Å²) in [4.78, 5) is 0. The van der Waals surface area contributed by atoms with E-state index >= 15 is 0 Å². The average molecular weight is 144 g/mol. The molecule has 3 heteroatoms. The second-order valence-electron chi connectivity index (χ2n) is 2.19. The van der Waals surface area contributed by atoms with E-state index in [0.29, 0.717) is 0 Å². The van der Waals surface area contributed by atoms with E-state index in [4.69, 9.17) is 5.21 Å². The molecule has 0 aliphatic carbocycles. The molecule has 0 bridgehead atoms. The highest BCUT2D eigenvalue weighted by molar-refractivity contribution is 5.88. The van der Waals surface area contributed by atoms with Gasteiger partial charge in [-0.15, -0.1) is 0 Å². The molecule has 0 aromatic heterocycles. The Morgan fingerprint density at radius 1 is 1.60 bits per heavy atom. The fourth-order valence-electron chi connectivity index (χ4n) is 0.993. The van der Waals surface area contributed by atoms with E-state index in [1.165, 1.54) is 0 Å². The lowest BCUT2D eigenvalue weighted by Crippen LogP contribution is -2.32. The summed E-state index contributed by atoms with van der Waals surface area (Å²) >= 11 is 0. The summed E-state index contributed by atoms with van der Waals surface area (Å²) in [6.07, 6.45) is 1.76. The lowest BCUT2D eigenvalue weighted by atomic mass is 10.1. The van der Waals surface area contributed by atoms with Crippen molar-refractivity contribution in [2.24, 2.45) is 5.16 Å². The average Bonchev–Trinajstić information content (AvgIpc) is 2.00. The molecule has 0 amide bonds. The van der Waals surface area contributed by atoms with Crippen LogP contribution in [0.2, 0.25) is 0 Å². The Morgan fingerprint density at radius 2 is 2.20 bits per heavy atom. The number of hydrogen-bond donors (Lipinski definition) is 2. The molecule has 0 rings (SSSR count). The van der Waals surface area contributed by atoms with E-state index < -0.39 is 0 Å².